The molecule has 1 amide bonds. The van der Waals surface area contributed by atoms with E-state index in [1.165, 1.54) is 0 Å². The number of carbonyl (C=O) groups excluding carboxylic acids is 1. The van der Waals surface area contributed by atoms with Gasteiger partial charge in [0, 0.05) is 42.2 Å². The van der Waals surface area contributed by atoms with Gasteiger partial charge in [-0.05, 0) is 55.6 Å². The highest BCUT2D eigenvalue weighted by molar-refractivity contribution is 6.31. The largest absolute Gasteiger partial charge is 0.490 e. The maximum Gasteiger partial charge on any atom is 0.222 e. The van der Waals surface area contributed by atoms with E-state index >= 15 is 0 Å². The lowest BCUT2D eigenvalue weighted by molar-refractivity contribution is -0.127. The predicted molar refractivity (Wildman–Crippen MR) is 121 cm³/mol. The third-order valence-corrected chi connectivity index (χ3v) is 5.59. The van der Waals surface area contributed by atoms with Gasteiger partial charge in [-0.3, -0.25) is 4.79 Å². The standard InChI is InChI=1S/C23H28Cl2N2O3/c1-2-29-21-13-18(15-26-10-4-12-27-11-3-5-23(27)28)20(25)14-22(21)30-16-17-6-8-19(24)9-7-17/h6-9,13-14,26H,2-5,10-12,15-16H2,1H3. The smallest absolute Gasteiger partial charge is 0.222 e. The molecule has 1 saturated heterocycles. The molecule has 7 heteroatoms. The van der Waals surface area contributed by atoms with Gasteiger partial charge in [-0.25, -0.2) is 0 Å². The van der Waals surface area contributed by atoms with Gasteiger partial charge in [-0.15, -0.1) is 0 Å². The fourth-order valence-corrected chi connectivity index (χ4v) is 3.74. The molecule has 2 aromatic rings. The van der Waals surface area contributed by atoms with Crippen molar-refractivity contribution in [2.75, 3.05) is 26.2 Å². The Morgan fingerprint density at radius 1 is 1.10 bits per heavy atom. The van der Waals surface area contributed by atoms with Gasteiger partial charge in [0.2, 0.25) is 5.91 Å². The maximum absolute atomic E-state index is 11.7. The minimum Gasteiger partial charge on any atom is -0.490 e. The Balaban J connectivity index is 1.53. The number of rotatable bonds is 11. The lowest BCUT2D eigenvalue weighted by Gasteiger charge is -2.17. The van der Waals surface area contributed by atoms with Crippen LogP contribution in [0.3, 0.4) is 0 Å². The molecule has 0 unspecified atom stereocenters. The van der Waals surface area contributed by atoms with Gasteiger partial charge in [0.1, 0.15) is 6.61 Å². The molecule has 0 radical (unpaired) electrons. The fraction of sp³-hybridized carbons (Fsp3) is 0.435. The van der Waals surface area contributed by atoms with Crippen molar-refractivity contribution in [2.24, 2.45) is 0 Å². The van der Waals surface area contributed by atoms with Gasteiger partial charge in [0.05, 0.1) is 6.61 Å². The van der Waals surface area contributed by atoms with Crippen LogP contribution in [0.4, 0.5) is 0 Å². The van der Waals surface area contributed by atoms with Gasteiger partial charge in [-0.1, -0.05) is 35.3 Å². The number of halogens is 2. The summed E-state index contributed by atoms with van der Waals surface area (Å²) in [4.78, 5) is 13.6. The molecule has 2 aromatic carbocycles. The Bertz CT molecular complexity index is 843. The van der Waals surface area contributed by atoms with E-state index in [-0.39, 0.29) is 5.91 Å². The average molecular weight is 451 g/mol. The lowest BCUT2D eigenvalue weighted by atomic mass is 10.2. The molecule has 1 heterocycles. The van der Waals surface area contributed by atoms with Crippen LogP contribution in [-0.4, -0.2) is 37.0 Å². The number of nitrogens with zero attached hydrogens (tertiary/aromatic N) is 1. The van der Waals surface area contributed by atoms with Crippen LogP contribution in [-0.2, 0) is 17.9 Å². The predicted octanol–water partition coefficient (Wildman–Crippen LogP) is 5.07. The highest BCUT2D eigenvalue weighted by Crippen LogP contribution is 2.34. The fourth-order valence-electron chi connectivity index (χ4n) is 3.39. The van der Waals surface area contributed by atoms with Gasteiger partial charge in [-0.2, -0.15) is 0 Å². The molecule has 1 N–H and O–H groups in total. The molecule has 0 spiro atoms. The molecule has 0 saturated carbocycles. The van der Waals surface area contributed by atoms with Crippen molar-refractivity contribution in [1.82, 2.24) is 10.2 Å². The normalized spacial score (nSPS) is 13.7. The Morgan fingerprint density at radius 3 is 2.57 bits per heavy atom. The van der Waals surface area contributed by atoms with Gasteiger partial charge in [0.25, 0.3) is 0 Å². The molecular formula is C23H28Cl2N2O3. The van der Waals surface area contributed by atoms with Crippen LogP contribution in [0, 0.1) is 0 Å². The van der Waals surface area contributed by atoms with Crippen molar-refractivity contribution in [3.05, 3.63) is 57.6 Å². The van der Waals surface area contributed by atoms with Crippen LogP contribution in [0.1, 0.15) is 37.3 Å². The number of carbonyl (C=O) groups is 1. The molecule has 1 aliphatic heterocycles. The summed E-state index contributed by atoms with van der Waals surface area (Å²) in [5, 5.41) is 4.73. The first-order valence-corrected chi connectivity index (χ1v) is 11.1. The highest BCUT2D eigenvalue weighted by Gasteiger charge is 2.19. The summed E-state index contributed by atoms with van der Waals surface area (Å²) in [5.74, 6) is 1.57. The van der Waals surface area contributed by atoms with Crippen LogP contribution in [0.15, 0.2) is 36.4 Å². The summed E-state index contributed by atoms with van der Waals surface area (Å²) in [5.41, 5.74) is 1.97. The maximum atomic E-state index is 11.7. The SMILES string of the molecule is CCOc1cc(CNCCCN2CCCC2=O)c(Cl)cc1OCc1ccc(Cl)cc1. The second-order valence-corrected chi connectivity index (χ2v) is 8.10. The van der Waals surface area contributed by atoms with Crippen molar-refractivity contribution in [2.45, 2.75) is 39.3 Å². The molecule has 0 atom stereocenters. The third-order valence-electron chi connectivity index (χ3n) is 4.99. The number of likely N-dealkylation sites (tertiary alicyclic amines) is 1. The van der Waals surface area contributed by atoms with Crippen LogP contribution in [0.5, 0.6) is 11.5 Å². The molecule has 30 heavy (non-hydrogen) atoms. The molecule has 3 rings (SSSR count). The minimum absolute atomic E-state index is 0.272. The van der Waals surface area contributed by atoms with Gasteiger partial charge >= 0.3 is 0 Å². The zero-order chi connectivity index (χ0) is 21.3. The number of hydrogen-bond donors (Lipinski definition) is 1. The van der Waals surface area contributed by atoms with Gasteiger partial charge in [0.15, 0.2) is 11.5 Å². The molecular weight excluding hydrogens is 423 g/mol. The number of benzene rings is 2. The Hall–Kier alpha value is -1.95. The summed E-state index contributed by atoms with van der Waals surface area (Å²) in [7, 11) is 0. The van der Waals surface area contributed by atoms with Crippen LogP contribution in [0.25, 0.3) is 0 Å². The summed E-state index contributed by atoms with van der Waals surface area (Å²) >= 11 is 12.4. The molecule has 0 aliphatic carbocycles. The molecule has 1 fully saturated rings. The Labute approximate surface area is 188 Å². The second-order valence-electron chi connectivity index (χ2n) is 7.25. The van der Waals surface area contributed by atoms with Crippen LogP contribution >= 0.6 is 23.2 Å². The van der Waals surface area contributed by atoms with E-state index < -0.39 is 0 Å². The van der Waals surface area contributed by atoms with Crippen LogP contribution < -0.4 is 14.8 Å². The van der Waals surface area contributed by atoms with Crippen molar-refractivity contribution in [3.8, 4) is 11.5 Å². The van der Waals surface area contributed by atoms with E-state index in [1.807, 2.05) is 48.2 Å². The number of nitrogens with one attached hydrogen (secondary N) is 1. The lowest BCUT2D eigenvalue weighted by Crippen LogP contribution is -2.28. The quantitative estimate of drug-likeness (QED) is 0.485. The Morgan fingerprint density at radius 2 is 1.87 bits per heavy atom. The number of amides is 1. The minimum atomic E-state index is 0.272. The summed E-state index contributed by atoms with van der Waals surface area (Å²) in [6.07, 6.45) is 2.59. The Kier molecular flexibility index (Phi) is 8.67. The second kappa shape index (κ2) is 11.4. The molecule has 162 valence electrons. The van der Waals surface area contributed by atoms with E-state index in [0.29, 0.717) is 47.7 Å². The number of hydrogen-bond acceptors (Lipinski definition) is 4. The summed E-state index contributed by atoms with van der Waals surface area (Å²) in [6, 6.07) is 11.3. The number of ether oxygens (including phenoxy) is 2. The molecule has 5 nitrogen and oxygen atoms in total. The summed E-state index contributed by atoms with van der Waals surface area (Å²) in [6.45, 7) is 6.02. The van der Waals surface area contributed by atoms with Crippen molar-refractivity contribution in [1.29, 1.82) is 0 Å². The molecule has 0 aromatic heterocycles. The zero-order valence-corrected chi connectivity index (χ0v) is 18.8. The third kappa shape index (κ3) is 6.53. The average Bonchev–Trinajstić information content (AvgIpc) is 3.14. The molecule has 1 aliphatic rings. The van der Waals surface area contributed by atoms with E-state index in [0.717, 1.165) is 43.6 Å². The molecule has 0 bridgehead atoms. The van der Waals surface area contributed by atoms with Crippen LogP contribution in [0.2, 0.25) is 10.0 Å². The van der Waals surface area contributed by atoms with Crippen molar-refractivity contribution in [3.63, 3.8) is 0 Å². The van der Waals surface area contributed by atoms with E-state index in [9.17, 15) is 4.79 Å². The topological polar surface area (TPSA) is 50.8 Å². The van der Waals surface area contributed by atoms with Crippen molar-refractivity contribution >= 4 is 29.1 Å². The summed E-state index contributed by atoms with van der Waals surface area (Å²) < 4.78 is 11.7. The zero-order valence-electron chi connectivity index (χ0n) is 17.3. The van der Waals surface area contributed by atoms with E-state index in [4.69, 9.17) is 32.7 Å². The monoisotopic (exact) mass is 450 g/mol. The first-order chi connectivity index (χ1) is 14.6. The highest BCUT2D eigenvalue weighted by atomic mass is 35.5. The first-order valence-electron chi connectivity index (χ1n) is 10.4. The van der Waals surface area contributed by atoms with E-state index in [2.05, 4.69) is 5.32 Å². The van der Waals surface area contributed by atoms with E-state index in [1.54, 1.807) is 0 Å². The first kappa shape index (κ1) is 22.7. The van der Waals surface area contributed by atoms with Crippen molar-refractivity contribution < 1.29 is 14.3 Å². The van der Waals surface area contributed by atoms with Gasteiger partial charge < -0.3 is 19.7 Å².